The van der Waals surface area contributed by atoms with Gasteiger partial charge in [-0.25, -0.2) is 4.79 Å². The fraction of sp³-hybridized carbons (Fsp3) is 0.103. The summed E-state index contributed by atoms with van der Waals surface area (Å²) in [6.45, 7) is 2.10. The van der Waals surface area contributed by atoms with Crippen molar-refractivity contribution in [1.29, 1.82) is 0 Å². The lowest BCUT2D eigenvalue weighted by Gasteiger charge is -2.08. The predicted octanol–water partition coefficient (Wildman–Crippen LogP) is 6.43. The molecule has 0 saturated carbocycles. The first-order valence-electron chi connectivity index (χ1n) is 12.0. The molecule has 38 heavy (non-hydrogen) atoms. The van der Waals surface area contributed by atoms with Crippen molar-refractivity contribution in [2.45, 2.75) is 20.0 Å². The van der Waals surface area contributed by atoms with E-state index in [4.69, 9.17) is 4.74 Å². The second-order valence-electron chi connectivity index (χ2n) is 8.65. The zero-order chi connectivity index (χ0) is 26.3. The van der Waals surface area contributed by atoms with Gasteiger partial charge in [-0.1, -0.05) is 30.3 Å². The molecule has 190 valence electrons. The number of aromatic nitrogens is 3. The van der Waals surface area contributed by atoms with E-state index < -0.39 is 6.09 Å². The number of benzene rings is 2. The number of anilines is 2. The summed E-state index contributed by atoms with van der Waals surface area (Å²) in [5.74, 6) is -0.0567. The molecule has 9 heteroatoms. The van der Waals surface area contributed by atoms with E-state index in [9.17, 15) is 9.59 Å². The topological polar surface area (TPSA) is 109 Å². The van der Waals surface area contributed by atoms with Gasteiger partial charge in [-0.2, -0.15) is 5.10 Å². The maximum Gasteiger partial charge on any atom is 0.411 e. The van der Waals surface area contributed by atoms with Crippen LogP contribution in [-0.4, -0.2) is 27.2 Å². The van der Waals surface area contributed by atoms with Crippen LogP contribution in [0.1, 0.15) is 27.3 Å². The van der Waals surface area contributed by atoms with Gasteiger partial charge < -0.3 is 10.1 Å². The fourth-order valence-electron chi connectivity index (χ4n) is 3.90. The minimum Gasteiger partial charge on any atom is -0.444 e. The van der Waals surface area contributed by atoms with Crippen molar-refractivity contribution in [2.75, 3.05) is 10.6 Å². The van der Waals surface area contributed by atoms with E-state index in [2.05, 4.69) is 25.8 Å². The van der Waals surface area contributed by atoms with Gasteiger partial charge in [0.25, 0.3) is 0 Å². The van der Waals surface area contributed by atoms with Gasteiger partial charge in [0.1, 0.15) is 6.61 Å². The highest BCUT2D eigenvalue weighted by Gasteiger charge is 2.11. The third-order valence-corrected chi connectivity index (χ3v) is 6.66. The summed E-state index contributed by atoms with van der Waals surface area (Å²) < 4.78 is 5.26. The number of amides is 2. The first-order valence-corrected chi connectivity index (χ1v) is 12.8. The molecule has 0 spiro atoms. The Kier molecular flexibility index (Phi) is 7.56. The SMILES string of the molecule is Cc1cc2[nH]nc(C=Cc3cccc(NC(=O)OCc4cccnc4)c3)c2cc1NC(=O)Cc1cccs1. The van der Waals surface area contributed by atoms with Crippen LogP contribution in [0.15, 0.2) is 78.4 Å². The molecule has 5 aromatic rings. The van der Waals surface area contributed by atoms with Crippen LogP contribution < -0.4 is 10.6 Å². The Hall–Kier alpha value is -4.76. The fourth-order valence-corrected chi connectivity index (χ4v) is 4.61. The van der Waals surface area contributed by atoms with Gasteiger partial charge in [0.15, 0.2) is 0 Å². The Morgan fingerprint density at radius 1 is 1.05 bits per heavy atom. The lowest BCUT2D eigenvalue weighted by atomic mass is 10.1. The lowest BCUT2D eigenvalue weighted by Crippen LogP contribution is -2.14. The molecule has 0 bridgehead atoms. The second kappa shape index (κ2) is 11.5. The molecule has 2 amide bonds. The van der Waals surface area contributed by atoms with Crippen LogP contribution in [0.5, 0.6) is 0 Å². The van der Waals surface area contributed by atoms with Crippen LogP contribution in [0.2, 0.25) is 0 Å². The molecule has 0 fully saturated rings. The number of hydrogen-bond acceptors (Lipinski definition) is 6. The van der Waals surface area contributed by atoms with Gasteiger partial charge >= 0.3 is 6.09 Å². The van der Waals surface area contributed by atoms with E-state index in [-0.39, 0.29) is 12.5 Å². The molecule has 3 aromatic heterocycles. The minimum atomic E-state index is -0.544. The number of pyridine rings is 1. The molecule has 0 atom stereocenters. The van der Waals surface area contributed by atoms with Gasteiger partial charge in [0, 0.05) is 39.6 Å². The smallest absolute Gasteiger partial charge is 0.411 e. The first kappa shape index (κ1) is 24.9. The largest absolute Gasteiger partial charge is 0.444 e. The number of carbonyl (C=O) groups excluding carboxylic acids is 2. The number of fused-ring (bicyclic) bond motifs is 1. The standard InChI is InChI=1S/C29H25N5O3S/c1-19-13-27-24(16-26(19)32-28(35)15-23-8-4-12-38-23)25(33-34-27)10-9-20-5-2-7-22(14-20)31-29(36)37-18-21-6-3-11-30-17-21/h2-14,16-17H,15,18H2,1H3,(H,31,36)(H,32,35)(H,33,34). The van der Waals surface area contributed by atoms with Gasteiger partial charge in [0.05, 0.1) is 17.6 Å². The van der Waals surface area contributed by atoms with E-state index in [1.165, 1.54) is 0 Å². The van der Waals surface area contributed by atoms with Crippen molar-refractivity contribution in [2.24, 2.45) is 0 Å². The number of H-pyrrole nitrogens is 1. The Morgan fingerprint density at radius 2 is 1.97 bits per heavy atom. The van der Waals surface area contributed by atoms with E-state index in [1.807, 2.05) is 73.0 Å². The van der Waals surface area contributed by atoms with Gasteiger partial charge in [-0.3, -0.25) is 20.2 Å². The second-order valence-corrected chi connectivity index (χ2v) is 9.68. The number of rotatable bonds is 8. The zero-order valence-electron chi connectivity index (χ0n) is 20.6. The summed E-state index contributed by atoms with van der Waals surface area (Å²) in [7, 11) is 0. The van der Waals surface area contributed by atoms with Crippen LogP contribution in [-0.2, 0) is 22.6 Å². The Balaban J connectivity index is 1.26. The molecule has 0 aliphatic heterocycles. The highest BCUT2D eigenvalue weighted by Crippen LogP contribution is 2.26. The molecule has 0 aliphatic rings. The Labute approximate surface area is 223 Å². The Morgan fingerprint density at radius 3 is 2.79 bits per heavy atom. The van der Waals surface area contributed by atoms with E-state index in [0.717, 1.165) is 43.9 Å². The summed E-state index contributed by atoms with van der Waals surface area (Å²) in [4.78, 5) is 29.8. The van der Waals surface area contributed by atoms with Crippen molar-refractivity contribution in [1.82, 2.24) is 15.2 Å². The molecular formula is C29H25N5O3S. The quantitative estimate of drug-likeness (QED) is 0.217. The minimum absolute atomic E-state index is 0.0567. The monoisotopic (exact) mass is 523 g/mol. The van der Waals surface area contributed by atoms with Gasteiger partial charge in [-0.15, -0.1) is 11.3 Å². The summed E-state index contributed by atoms with van der Waals surface area (Å²) in [5, 5.41) is 16.1. The van der Waals surface area contributed by atoms with Crippen LogP contribution in [0.3, 0.4) is 0 Å². The number of nitrogens with one attached hydrogen (secondary N) is 3. The van der Waals surface area contributed by atoms with Crippen molar-refractivity contribution < 1.29 is 14.3 Å². The van der Waals surface area contributed by atoms with Gasteiger partial charge in [0.2, 0.25) is 5.91 Å². The Bertz CT molecular complexity index is 1590. The number of ether oxygens (including phenoxy) is 1. The molecule has 5 rings (SSSR count). The molecule has 8 nitrogen and oxygen atoms in total. The normalized spacial score (nSPS) is 11.1. The van der Waals surface area contributed by atoms with Crippen LogP contribution in [0.4, 0.5) is 16.2 Å². The van der Waals surface area contributed by atoms with E-state index in [1.54, 1.807) is 35.9 Å². The van der Waals surface area contributed by atoms with Crippen molar-refractivity contribution in [3.05, 3.63) is 106 Å². The number of aromatic amines is 1. The third-order valence-electron chi connectivity index (χ3n) is 5.79. The number of hydrogen-bond donors (Lipinski definition) is 3. The molecule has 3 N–H and O–H groups in total. The number of thiophene rings is 1. The van der Waals surface area contributed by atoms with Crippen LogP contribution >= 0.6 is 11.3 Å². The van der Waals surface area contributed by atoms with Crippen molar-refractivity contribution in [3.8, 4) is 0 Å². The maximum atomic E-state index is 12.5. The van der Waals surface area contributed by atoms with Crippen molar-refractivity contribution in [3.63, 3.8) is 0 Å². The molecule has 3 heterocycles. The van der Waals surface area contributed by atoms with Crippen LogP contribution in [0.25, 0.3) is 23.1 Å². The maximum absolute atomic E-state index is 12.5. The highest BCUT2D eigenvalue weighted by molar-refractivity contribution is 7.10. The third kappa shape index (κ3) is 6.32. The zero-order valence-corrected chi connectivity index (χ0v) is 21.4. The summed E-state index contributed by atoms with van der Waals surface area (Å²) in [6, 6.07) is 18.9. The molecule has 0 unspecified atom stereocenters. The number of nitrogens with zero attached hydrogens (tertiary/aromatic N) is 2. The van der Waals surface area contributed by atoms with Crippen molar-refractivity contribution >= 4 is 57.8 Å². The van der Waals surface area contributed by atoms with Gasteiger partial charge in [-0.05, 0) is 65.9 Å². The van der Waals surface area contributed by atoms with Crippen LogP contribution in [0, 0.1) is 6.92 Å². The average Bonchev–Trinajstić information content (AvgIpc) is 3.57. The summed E-state index contributed by atoms with van der Waals surface area (Å²) in [6.07, 6.45) is 6.93. The number of carbonyl (C=O) groups is 2. The molecule has 0 saturated heterocycles. The van der Waals surface area contributed by atoms with E-state index >= 15 is 0 Å². The van der Waals surface area contributed by atoms with E-state index in [0.29, 0.717) is 12.1 Å². The predicted molar refractivity (Wildman–Crippen MR) is 151 cm³/mol. The first-order chi connectivity index (χ1) is 18.5. The number of aryl methyl sites for hydroxylation is 1. The molecule has 2 aromatic carbocycles. The molecular weight excluding hydrogens is 498 g/mol. The summed E-state index contributed by atoms with van der Waals surface area (Å²) >= 11 is 1.56. The average molecular weight is 524 g/mol. The molecule has 0 aliphatic carbocycles. The molecule has 0 radical (unpaired) electrons. The summed E-state index contributed by atoms with van der Waals surface area (Å²) in [5.41, 5.74) is 5.63. The highest BCUT2D eigenvalue weighted by atomic mass is 32.1. The lowest BCUT2D eigenvalue weighted by molar-refractivity contribution is -0.115.